The summed E-state index contributed by atoms with van der Waals surface area (Å²) < 4.78 is 1.90. The van der Waals surface area contributed by atoms with Crippen LogP contribution in [0.25, 0.3) is 22.2 Å². The molecule has 3 rings (SSSR count). The first-order valence-electron chi connectivity index (χ1n) is 5.90. The fourth-order valence-corrected chi connectivity index (χ4v) is 3.44. The lowest BCUT2D eigenvalue weighted by Crippen LogP contribution is -1.99. The number of aromatic nitrogens is 3. The van der Waals surface area contributed by atoms with E-state index in [1.54, 1.807) is 6.20 Å². The van der Waals surface area contributed by atoms with Crippen molar-refractivity contribution in [3.8, 4) is 11.1 Å². The molecule has 0 unspecified atom stereocenters. The number of fused-ring (bicyclic) bond motifs is 1. The van der Waals surface area contributed by atoms with Gasteiger partial charge in [-0.3, -0.25) is 0 Å². The van der Waals surface area contributed by atoms with Crippen LogP contribution in [-0.2, 0) is 0 Å². The molecule has 0 fully saturated rings. The van der Waals surface area contributed by atoms with Gasteiger partial charge in [-0.2, -0.15) is 0 Å². The highest BCUT2D eigenvalue weighted by molar-refractivity contribution is 9.11. The lowest BCUT2D eigenvalue weighted by molar-refractivity contribution is 1.07. The Balaban J connectivity index is 2.32. The topological polar surface area (TPSA) is 64.7 Å². The van der Waals surface area contributed by atoms with E-state index in [1.165, 1.54) is 0 Å². The van der Waals surface area contributed by atoms with Gasteiger partial charge in [-0.1, -0.05) is 37.9 Å². The lowest BCUT2D eigenvalue weighted by Gasteiger charge is -2.11. The van der Waals surface area contributed by atoms with Crippen LogP contribution in [0.15, 0.2) is 39.4 Å². The molecule has 2 aromatic heterocycles. The Kier molecular flexibility index (Phi) is 3.43. The highest BCUT2D eigenvalue weighted by Crippen LogP contribution is 2.38. The molecule has 0 bridgehead atoms. The van der Waals surface area contributed by atoms with Crippen LogP contribution in [0.1, 0.15) is 5.82 Å². The Morgan fingerprint density at radius 2 is 1.80 bits per heavy atom. The van der Waals surface area contributed by atoms with E-state index < -0.39 is 0 Å². The summed E-state index contributed by atoms with van der Waals surface area (Å²) in [5.74, 6) is 1.13. The van der Waals surface area contributed by atoms with E-state index in [9.17, 15) is 0 Å². The Morgan fingerprint density at radius 3 is 2.50 bits per heavy atom. The summed E-state index contributed by atoms with van der Waals surface area (Å²) in [6.07, 6.45) is 1.76. The highest BCUT2D eigenvalue weighted by atomic mass is 79.9. The van der Waals surface area contributed by atoms with Crippen molar-refractivity contribution in [3.05, 3.63) is 45.2 Å². The predicted molar refractivity (Wildman–Crippen MR) is 87.3 cm³/mol. The number of halogens is 2. The average molecular weight is 394 g/mol. The minimum Gasteiger partial charge on any atom is -0.383 e. The molecule has 3 aromatic rings. The first-order valence-corrected chi connectivity index (χ1v) is 7.49. The molecule has 2 heterocycles. The fraction of sp³-hybridized carbons (Fsp3) is 0.0714. The first kappa shape index (κ1) is 13.5. The molecule has 2 N–H and O–H groups in total. The standard InChI is InChI=1S/C14H10Br2N4/c1-7-18-6-8-5-9(13(17)20-14(8)19-7)12-10(15)3-2-4-11(12)16/h2-6H,1H3,(H2,17,18,19,20). The molecule has 0 spiro atoms. The molecule has 0 atom stereocenters. The predicted octanol–water partition coefficient (Wildman–Crippen LogP) is 4.11. The third kappa shape index (κ3) is 2.29. The summed E-state index contributed by atoms with van der Waals surface area (Å²) >= 11 is 7.10. The van der Waals surface area contributed by atoms with Crippen LogP contribution in [0.3, 0.4) is 0 Å². The molecular weight excluding hydrogens is 384 g/mol. The summed E-state index contributed by atoms with van der Waals surface area (Å²) in [6.45, 7) is 1.83. The molecule has 0 saturated heterocycles. The van der Waals surface area contributed by atoms with Crippen LogP contribution in [0.2, 0.25) is 0 Å². The van der Waals surface area contributed by atoms with Crippen LogP contribution in [0.5, 0.6) is 0 Å². The van der Waals surface area contributed by atoms with E-state index in [1.807, 2.05) is 31.2 Å². The van der Waals surface area contributed by atoms with Gasteiger partial charge >= 0.3 is 0 Å². The van der Waals surface area contributed by atoms with Gasteiger partial charge in [0.2, 0.25) is 0 Å². The van der Waals surface area contributed by atoms with Crippen molar-refractivity contribution in [1.29, 1.82) is 0 Å². The summed E-state index contributed by atoms with van der Waals surface area (Å²) in [5, 5.41) is 0.863. The molecule has 0 aliphatic heterocycles. The molecule has 0 radical (unpaired) electrons. The van der Waals surface area contributed by atoms with Crippen LogP contribution in [0, 0.1) is 6.92 Å². The van der Waals surface area contributed by atoms with Crippen molar-refractivity contribution in [2.24, 2.45) is 0 Å². The number of hydrogen-bond acceptors (Lipinski definition) is 4. The minimum atomic E-state index is 0.447. The Morgan fingerprint density at radius 1 is 1.10 bits per heavy atom. The smallest absolute Gasteiger partial charge is 0.165 e. The van der Waals surface area contributed by atoms with Crippen molar-refractivity contribution in [1.82, 2.24) is 15.0 Å². The Bertz CT molecular complexity index is 797. The van der Waals surface area contributed by atoms with Crippen molar-refractivity contribution in [3.63, 3.8) is 0 Å². The zero-order valence-electron chi connectivity index (χ0n) is 10.6. The van der Waals surface area contributed by atoms with Gasteiger partial charge in [-0.25, -0.2) is 15.0 Å². The molecule has 4 nitrogen and oxygen atoms in total. The molecule has 100 valence electrons. The van der Waals surface area contributed by atoms with Crippen LogP contribution in [0.4, 0.5) is 5.82 Å². The van der Waals surface area contributed by atoms with Gasteiger partial charge in [0.1, 0.15) is 11.6 Å². The van der Waals surface area contributed by atoms with Gasteiger partial charge < -0.3 is 5.73 Å². The maximum Gasteiger partial charge on any atom is 0.165 e. The van der Waals surface area contributed by atoms with Gasteiger partial charge in [0.15, 0.2) is 5.65 Å². The Hall–Kier alpha value is -1.53. The zero-order valence-corrected chi connectivity index (χ0v) is 13.7. The molecule has 1 aromatic carbocycles. The monoisotopic (exact) mass is 392 g/mol. The minimum absolute atomic E-state index is 0.447. The van der Waals surface area contributed by atoms with E-state index in [4.69, 9.17) is 5.73 Å². The lowest BCUT2D eigenvalue weighted by atomic mass is 10.1. The number of pyridine rings is 1. The summed E-state index contributed by atoms with van der Waals surface area (Å²) in [4.78, 5) is 12.9. The number of anilines is 1. The molecule has 0 saturated carbocycles. The molecule has 0 amide bonds. The third-order valence-electron chi connectivity index (χ3n) is 2.95. The van der Waals surface area contributed by atoms with Crippen molar-refractivity contribution >= 4 is 48.7 Å². The Labute approximate surface area is 132 Å². The largest absolute Gasteiger partial charge is 0.383 e. The van der Waals surface area contributed by atoms with Gasteiger partial charge in [-0.15, -0.1) is 0 Å². The number of aryl methyl sites for hydroxylation is 1. The number of benzene rings is 1. The number of nitrogen functional groups attached to an aromatic ring is 1. The number of hydrogen-bond donors (Lipinski definition) is 1. The SMILES string of the molecule is Cc1ncc2cc(-c3c(Br)cccc3Br)c(N)nc2n1. The molecule has 0 aliphatic rings. The van der Waals surface area contributed by atoms with Crippen LogP contribution in [-0.4, -0.2) is 15.0 Å². The number of nitrogens with two attached hydrogens (primary N) is 1. The summed E-state index contributed by atoms with van der Waals surface area (Å²) in [5.41, 5.74) is 8.53. The van der Waals surface area contributed by atoms with E-state index in [0.717, 1.165) is 25.5 Å². The maximum atomic E-state index is 6.09. The first-order chi connectivity index (χ1) is 9.56. The molecular formula is C14H10Br2N4. The second-order valence-electron chi connectivity index (χ2n) is 4.35. The van der Waals surface area contributed by atoms with E-state index in [-0.39, 0.29) is 0 Å². The van der Waals surface area contributed by atoms with Gasteiger partial charge in [0.05, 0.1) is 0 Å². The van der Waals surface area contributed by atoms with E-state index in [0.29, 0.717) is 17.3 Å². The second-order valence-corrected chi connectivity index (χ2v) is 6.06. The van der Waals surface area contributed by atoms with Gasteiger partial charge in [0, 0.05) is 31.7 Å². The van der Waals surface area contributed by atoms with E-state index >= 15 is 0 Å². The average Bonchev–Trinajstić information content (AvgIpc) is 2.39. The highest BCUT2D eigenvalue weighted by Gasteiger charge is 2.13. The molecule has 6 heteroatoms. The molecule has 0 aliphatic carbocycles. The third-order valence-corrected chi connectivity index (χ3v) is 4.27. The van der Waals surface area contributed by atoms with Crippen molar-refractivity contribution in [2.75, 3.05) is 5.73 Å². The van der Waals surface area contributed by atoms with Gasteiger partial charge in [0.25, 0.3) is 0 Å². The van der Waals surface area contributed by atoms with Crippen LogP contribution < -0.4 is 5.73 Å². The summed E-state index contributed by atoms with van der Waals surface area (Å²) in [7, 11) is 0. The molecule has 20 heavy (non-hydrogen) atoms. The fourth-order valence-electron chi connectivity index (χ4n) is 2.02. The van der Waals surface area contributed by atoms with Crippen LogP contribution >= 0.6 is 31.9 Å². The summed E-state index contributed by atoms with van der Waals surface area (Å²) in [6, 6.07) is 7.85. The van der Waals surface area contributed by atoms with Gasteiger partial charge in [-0.05, 0) is 25.1 Å². The number of rotatable bonds is 1. The van der Waals surface area contributed by atoms with Crippen molar-refractivity contribution in [2.45, 2.75) is 6.92 Å². The zero-order chi connectivity index (χ0) is 14.3. The maximum absolute atomic E-state index is 6.09. The van der Waals surface area contributed by atoms with E-state index in [2.05, 4.69) is 46.8 Å². The normalized spacial score (nSPS) is 10.9. The second kappa shape index (κ2) is 5.10. The van der Waals surface area contributed by atoms with Crippen molar-refractivity contribution < 1.29 is 0 Å². The quantitative estimate of drug-likeness (QED) is 0.675. The number of nitrogens with zero attached hydrogens (tertiary/aromatic N) is 3.